The molecule has 0 bridgehead atoms. The summed E-state index contributed by atoms with van der Waals surface area (Å²) in [6, 6.07) is 3.87. The van der Waals surface area contributed by atoms with Gasteiger partial charge in [-0.1, -0.05) is 6.07 Å². The van der Waals surface area contributed by atoms with Gasteiger partial charge in [0.05, 0.1) is 52.9 Å². The van der Waals surface area contributed by atoms with E-state index in [1.165, 1.54) is 0 Å². The van der Waals surface area contributed by atoms with Crippen molar-refractivity contribution >= 4 is 0 Å². The van der Waals surface area contributed by atoms with Crippen LogP contribution in [0.15, 0.2) is 24.5 Å². The Labute approximate surface area is 120 Å². The molecule has 1 aromatic heterocycles. The summed E-state index contributed by atoms with van der Waals surface area (Å²) in [7, 11) is 0. The van der Waals surface area contributed by atoms with E-state index in [9.17, 15) is 0 Å². The number of hydrogen-bond donors (Lipinski definition) is 1. The number of nitrogens with two attached hydrogens (primary N) is 1. The Balaban J connectivity index is 1.77. The first-order chi connectivity index (χ1) is 9.93. The number of hydrogen-bond acceptors (Lipinski definition) is 6. The fraction of sp³-hybridized carbons (Fsp3) is 0.643. The van der Waals surface area contributed by atoms with E-state index in [-0.39, 0.29) is 0 Å². The molecule has 6 nitrogen and oxygen atoms in total. The molecule has 0 aliphatic rings. The minimum atomic E-state index is 0.544. The molecule has 0 atom stereocenters. The molecule has 0 unspecified atom stereocenters. The van der Waals surface area contributed by atoms with Crippen molar-refractivity contribution in [2.75, 3.05) is 52.8 Å². The van der Waals surface area contributed by atoms with Gasteiger partial charge in [-0.15, -0.1) is 0 Å². The fourth-order valence-electron chi connectivity index (χ4n) is 1.42. The lowest BCUT2D eigenvalue weighted by atomic mass is 10.3. The van der Waals surface area contributed by atoms with Gasteiger partial charge in [-0.05, 0) is 11.6 Å². The molecule has 1 aromatic rings. The number of pyridine rings is 1. The molecule has 0 saturated heterocycles. The summed E-state index contributed by atoms with van der Waals surface area (Å²) >= 11 is 0. The van der Waals surface area contributed by atoms with E-state index in [2.05, 4.69) is 4.98 Å². The first-order valence-electron chi connectivity index (χ1n) is 6.83. The Morgan fingerprint density at radius 2 is 1.45 bits per heavy atom. The standard InChI is InChI=1S/C14H24N2O4/c15-3-5-17-6-7-18-8-9-19-10-11-20-13-14-2-1-4-16-12-14/h1-2,4,12H,3,5-11,13,15H2. The van der Waals surface area contributed by atoms with Gasteiger partial charge in [0.15, 0.2) is 0 Å². The predicted octanol–water partition coefficient (Wildman–Crippen LogP) is 0.607. The Kier molecular flexibility index (Phi) is 11.0. The average Bonchev–Trinajstić information content (AvgIpc) is 2.49. The third-order valence-electron chi connectivity index (χ3n) is 2.37. The summed E-state index contributed by atoms with van der Waals surface area (Å²) in [6.07, 6.45) is 3.54. The normalized spacial score (nSPS) is 10.8. The Bertz CT molecular complexity index is 311. The molecule has 0 amide bonds. The second-order valence-electron chi connectivity index (χ2n) is 4.04. The summed E-state index contributed by atoms with van der Waals surface area (Å²) < 4.78 is 21.3. The maximum absolute atomic E-state index is 5.45. The van der Waals surface area contributed by atoms with Crippen LogP contribution < -0.4 is 5.73 Å². The second-order valence-corrected chi connectivity index (χ2v) is 4.04. The van der Waals surface area contributed by atoms with E-state index in [1.807, 2.05) is 12.1 Å². The highest BCUT2D eigenvalue weighted by molar-refractivity contribution is 5.06. The SMILES string of the molecule is NCCOCCOCCOCCOCc1cccnc1. The summed E-state index contributed by atoms with van der Waals surface area (Å²) in [4.78, 5) is 4.02. The molecule has 1 heterocycles. The van der Waals surface area contributed by atoms with Crippen LogP contribution in [0.5, 0.6) is 0 Å². The number of ether oxygens (including phenoxy) is 4. The highest BCUT2D eigenvalue weighted by atomic mass is 16.6. The van der Waals surface area contributed by atoms with Crippen LogP contribution in [0.3, 0.4) is 0 Å². The van der Waals surface area contributed by atoms with E-state index in [1.54, 1.807) is 12.4 Å². The zero-order valence-electron chi connectivity index (χ0n) is 11.8. The van der Waals surface area contributed by atoms with Crippen LogP contribution >= 0.6 is 0 Å². The van der Waals surface area contributed by atoms with Crippen LogP contribution in [0.4, 0.5) is 0 Å². The van der Waals surface area contributed by atoms with Gasteiger partial charge < -0.3 is 24.7 Å². The van der Waals surface area contributed by atoms with Gasteiger partial charge >= 0.3 is 0 Å². The number of rotatable bonds is 13. The smallest absolute Gasteiger partial charge is 0.0732 e. The molecule has 0 saturated carbocycles. The van der Waals surface area contributed by atoms with Crippen LogP contribution in [0.2, 0.25) is 0 Å². The quantitative estimate of drug-likeness (QED) is 0.535. The third-order valence-corrected chi connectivity index (χ3v) is 2.37. The minimum Gasteiger partial charge on any atom is -0.378 e. The monoisotopic (exact) mass is 284 g/mol. The molecule has 0 spiro atoms. The van der Waals surface area contributed by atoms with Crippen LogP contribution in [-0.4, -0.2) is 57.8 Å². The minimum absolute atomic E-state index is 0.544. The van der Waals surface area contributed by atoms with Gasteiger partial charge in [0.25, 0.3) is 0 Å². The Morgan fingerprint density at radius 3 is 2.00 bits per heavy atom. The van der Waals surface area contributed by atoms with Crippen molar-refractivity contribution in [1.82, 2.24) is 4.98 Å². The molecule has 0 aliphatic heterocycles. The molecule has 0 aromatic carbocycles. The molecule has 6 heteroatoms. The van der Waals surface area contributed by atoms with Gasteiger partial charge in [-0.3, -0.25) is 4.98 Å². The third kappa shape index (κ3) is 9.82. The maximum Gasteiger partial charge on any atom is 0.0732 e. The van der Waals surface area contributed by atoms with Gasteiger partial charge in [0.1, 0.15) is 0 Å². The van der Waals surface area contributed by atoms with Crippen molar-refractivity contribution in [2.45, 2.75) is 6.61 Å². The molecule has 0 radical (unpaired) electrons. The lowest BCUT2D eigenvalue weighted by Gasteiger charge is -2.07. The topological polar surface area (TPSA) is 75.8 Å². The Hall–Kier alpha value is -1.05. The largest absolute Gasteiger partial charge is 0.378 e. The molecule has 0 fully saturated rings. The molecular weight excluding hydrogens is 260 g/mol. The van der Waals surface area contributed by atoms with Crippen LogP contribution in [0.1, 0.15) is 5.56 Å². The van der Waals surface area contributed by atoms with E-state index in [4.69, 9.17) is 24.7 Å². The highest BCUT2D eigenvalue weighted by Crippen LogP contribution is 1.97. The van der Waals surface area contributed by atoms with Crippen molar-refractivity contribution in [1.29, 1.82) is 0 Å². The summed E-state index contributed by atoms with van der Waals surface area (Å²) in [6.45, 7) is 5.08. The van der Waals surface area contributed by atoms with Crippen molar-refractivity contribution in [2.24, 2.45) is 5.73 Å². The van der Waals surface area contributed by atoms with Crippen molar-refractivity contribution in [3.63, 3.8) is 0 Å². The summed E-state index contributed by atoms with van der Waals surface area (Å²) in [5.74, 6) is 0. The van der Waals surface area contributed by atoms with E-state index in [0.717, 1.165) is 5.56 Å². The van der Waals surface area contributed by atoms with Gasteiger partial charge in [-0.2, -0.15) is 0 Å². The fourth-order valence-corrected chi connectivity index (χ4v) is 1.42. The molecule has 2 N–H and O–H groups in total. The van der Waals surface area contributed by atoms with Crippen molar-refractivity contribution in [3.05, 3.63) is 30.1 Å². The van der Waals surface area contributed by atoms with Crippen LogP contribution in [0.25, 0.3) is 0 Å². The van der Waals surface area contributed by atoms with Gasteiger partial charge in [0, 0.05) is 18.9 Å². The zero-order chi connectivity index (χ0) is 14.3. The zero-order valence-corrected chi connectivity index (χ0v) is 11.8. The lowest BCUT2D eigenvalue weighted by molar-refractivity contribution is -0.00337. The van der Waals surface area contributed by atoms with E-state index >= 15 is 0 Å². The highest BCUT2D eigenvalue weighted by Gasteiger charge is 1.94. The maximum atomic E-state index is 5.45. The average molecular weight is 284 g/mol. The summed E-state index contributed by atoms with van der Waals surface area (Å²) in [5.41, 5.74) is 6.35. The summed E-state index contributed by atoms with van der Waals surface area (Å²) in [5, 5.41) is 0. The second kappa shape index (κ2) is 13.0. The number of aromatic nitrogens is 1. The number of nitrogens with zero attached hydrogens (tertiary/aromatic N) is 1. The Morgan fingerprint density at radius 1 is 0.850 bits per heavy atom. The van der Waals surface area contributed by atoms with Crippen LogP contribution in [-0.2, 0) is 25.6 Å². The van der Waals surface area contributed by atoms with Gasteiger partial charge in [-0.25, -0.2) is 0 Å². The van der Waals surface area contributed by atoms with Crippen molar-refractivity contribution in [3.8, 4) is 0 Å². The van der Waals surface area contributed by atoms with E-state index in [0.29, 0.717) is 59.4 Å². The first-order valence-corrected chi connectivity index (χ1v) is 6.83. The van der Waals surface area contributed by atoms with Crippen LogP contribution in [0, 0.1) is 0 Å². The van der Waals surface area contributed by atoms with E-state index < -0.39 is 0 Å². The molecule has 114 valence electrons. The first kappa shape index (κ1) is 17.0. The molecule has 0 aliphatic carbocycles. The molecule has 1 rings (SSSR count). The molecule has 20 heavy (non-hydrogen) atoms. The van der Waals surface area contributed by atoms with Crippen molar-refractivity contribution < 1.29 is 18.9 Å². The predicted molar refractivity (Wildman–Crippen MR) is 75.4 cm³/mol. The van der Waals surface area contributed by atoms with Gasteiger partial charge in [0.2, 0.25) is 0 Å². The lowest BCUT2D eigenvalue weighted by Crippen LogP contribution is -2.14. The molecular formula is C14H24N2O4.